The van der Waals surface area contributed by atoms with E-state index in [1.807, 2.05) is 6.07 Å². The van der Waals surface area contributed by atoms with E-state index < -0.39 is 4.92 Å². The Kier molecular flexibility index (Phi) is 5.72. The number of nitrogens with zero attached hydrogens (tertiary/aromatic N) is 2. The fourth-order valence-electron chi connectivity index (χ4n) is 6.65. The number of hydrogen-bond donors (Lipinski definition) is 2. The van der Waals surface area contributed by atoms with Crippen LogP contribution in [-0.2, 0) is 11.4 Å². The third-order valence-corrected chi connectivity index (χ3v) is 8.46. The largest absolute Gasteiger partial charge is 0.504 e. The summed E-state index contributed by atoms with van der Waals surface area (Å²) in [6, 6.07) is 10.1. The zero-order valence-electron chi connectivity index (χ0n) is 19.4. The third-order valence-electron chi connectivity index (χ3n) is 8.46. The van der Waals surface area contributed by atoms with Crippen molar-refractivity contribution in [3.05, 3.63) is 63.2 Å². The minimum Gasteiger partial charge on any atom is -0.504 e. The van der Waals surface area contributed by atoms with Crippen LogP contribution in [0, 0.1) is 27.4 Å². The van der Waals surface area contributed by atoms with E-state index in [0.29, 0.717) is 35.5 Å². The lowest BCUT2D eigenvalue weighted by Crippen LogP contribution is -2.45. The summed E-state index contributed by atoms with van der Waals surface area (Å²) in [5, 5.41) is 37.0. The highest BCUT2D eigenvalue weighted by molar-refractivity contribution is 6.03. The maximum Gasteiger partial charge on any atom is 0.276 e. The van der Waals surface area contributed by atoms with Gasteiger partial charge in [-0.1, -0.05) is 24.2 Å². The van der Waals surface area contributed by atoms with Crippen LogP contribution in [0.2, 0.25) is 0 Å². The summed E-state index contributed by atoms with van der Waals surface area (Å²) in [5.74, 6) is 1.44. The molecule has 8 nitrogen and oxygen atoms in total. The van der Waals surface area contributed by atoms with Crippen molar-refractivity contribution in [1.82, 2.24) is 0 Å². The number of aromatic hydroxyl groups is 1. The van der Waals surface area contributed by atoms with Crippen LogP contribution < -0.4 is 4.74 Å². The van der Waals surface area contributed by atoms with Crippen LogP contribution in [0.15, 0.2) is 41.6 Å². The van der Waals surface area contributed by atoms with Gasteiger partial charge < -0.3 is 19.8 Å². The average Bonchev–Trinajstić information content (AvgIpc) is 3.13. The Bertz CT molecular complexity index is 1150. The van der Waals surface area contributed by atoms with Crippen LogP contribution in [0.1, 0.15) is 61.6 Å². The van der Waals surface area contributed by atoms with E-state index in [1.165, 1.54) is 13.2 Å². The van der Waals surface area contributed by atoms with Crippen LogP contribution in [0.25, 0.3) is 0 Å². The molecular weight excluding hydrogens is 436 g/mol. The minimum atomic E-state index is -0.426. The second-order valence-electron chi connectivity index (χ2n) is 10.0. The van der Waals surface area contributed by atoms with Gasteiger partial charge in [-0.2, -0.15) is 0 Å². The first kappa shape index (κ1) is 22.7. The van der Waals surface area contributed by atoms with E-state index in [-0.39, 0.29) is 29.6 Å². The smallest absolute Gasteiger partial charge is 0.276 e. The van der Waals surface area contributed by atoms with Crippen molar-refractivity contribution in [3.63, 3.8) is 0 Å². The SMILES string of the molecule is COc1cc2c(cc1O)C(=NOCc1ccccc1[N+](=O)[O-])C[C@@H]1[C@@H]2CC[C@]2(C)[C@@H](O)CC[C@@H]12. The number of hydrogen-bond acceptors (Lipinski definition) is 7. The Morgan fingerprint density at radius 1 is 1.24 bits per heavy atom. The average molecular weight is 467 g/mol. The van der Waals surface area contributed by atoms with Crippen LogP contribution in [0.3, 0.4) is 0 Å². The number of rotatable bonds is 5. The molecule has 2 aromatic rings. The van der Waals surface area contributed by atoms with Gasteiger partial charge in [-0.15, -0.1) is 0 Å². The standard InChI is InChI=1S/C26H30N2O6/c1-26-10-9-16-17-13-24(33-2)23(29)12-19(17)21(11-18(16)20(26)7-8-25(26)30)27-34-14-15-5-3-4-6-22(15)28(31)32/h3-6,12-13,16,18,20,25,29-30H,7-11,14H2,1-2H3/t16-,18-,20+,25+,26+/m1/s1. The topological polar surface area (TPSA) is 114 Å². The van der Waals surface area contributed by atoms with Crippen molar-refractivity contribution in [2.24, 2.45) is 22.4 Å². The van der Waals surface area contributed by atoms with Gasteiger partial charge in [-0.05, 0) is 79.0 Å². The Labute approximate surface area is 198 Å². The molecule has 2 aromatic carbocycles. The van der Waals surface area contributed by atoms with Crippen LogP contribution >= 0.6 is 0 Å². The van der Waals surface area contributed by atoms with Crippen LogP contribution in [-0.4, -0.2) is 34.1 Å². The normalized spacial score (nSPS) is 30.9. The molecule has 3 aliphatic carbocycles. The number of aliphatic hydroxyl groups is 1. The molecule has 180 valence electrons. The number of oxime groups is 1. The molecule has 0 spiro atoms. The molecule has 2 fully saturated rings. The molecule has 0 aliphatic heterocycles. The first-order chi connectivity index (χ1) is 16.3. The van der Waals surface area contributed by atoms with Gasteiger partial charge in [0.05, 0.1) is 29.4 Å². The van der Waals surface area contributed by atoms with E-state index in [9.17, 15) is 20.3 Å². The number of phenolic OH excluding ortho intramolecular Hbond substituents is 1. The predicted octanol–water partition coefficient (Wildman–Crippen LogP) is 4.90. The lowest BCUT2D eigenvalue weighted by molar-refractivity contribution is -0.386. The summed E-state index contributed by atoms with van der Waals surface area (Å²) in [5.41, 5.74) is 2.99. The zero-order chi connectivity index (χ0) is 24.0. The number of methoxy groups -OCH3 is 1. The van der Waals surface area contributed by atoms with Gasteiger partial charge in [-0.3, -0.25) is 10.1 Å². The van der Waals surface area contributed by atoms with Gasteiger partial charge in [0.1, 0.15) is 6.61 Å². The van der Waals surface area contributed by atoms with Crippen molar-refractivity contribution in [1.29, 1.82) is 0 Å². The lowest BCUT2D eigenvalue weighted by atomic mass is 9.55. The zero-order valence-corrected chi connectivity index (χ0v) is 19.4. The maximum absolute atomic E-state index is 11.3. The van der Waals surface area contributed by atoms with Gasteiger partial charge in [-0.25, -0.2) is 0 Å². The number of fused-ring (bicyclic) bond motifs is 5. The molecule has 2 N–H and O–H groups in total. The minimum absolute atomic E-state index is 0.00261. The molecule has 0 unspecified atom stereocenters. The van der Waals surface area contributed by atoms with Gasteiger partial charge in [0, 0.05) is 11.6 Å². The van der Waals surface area contributed by atoms with Crippen LogP contribution in [0.5, 0.6) is 11.5 Å². The van der Waals surface area contributed by atoms with Gasteiger partial charge in [0.15, 0.2) is 11.5 Å². The second kappa shape index (κ2) is 8.58. The van der Waals surface area contributed by atoms with Crippen molar-refractivity contribution in [2.45, 2.75) is 57.7 Å². The lowest BCUT2D eigenvalue weighted by Gasteiger charge is -2.50. The van der Waals surface area contributed by atoms with Crippen molar-refractivity contribution in [2.75, 3.05) is 7.11 Å². The Morgan fingerprint density at radius 3 is 2.79 bits per heavy atom. The molecule has 0 heterocycles. The summed E-state index contributed by atoms with van der Waals surface area (Å²) in [7, 11) is 1.54. The van der Waals surface area contributed by atoms with E-state index in [4.69, 9.17) is 9.57 Å². The molecule has 34 heavy (non-hydrogen) atoms. The van der Waals surface area contributed by atoms with Crippen molar-refractivity contribution >= 4 is 11.4 Å². The Morgan fingerprint density at radius 2 is 2.03 bits per heavy atom. The number of benzene rings is 2. The number of nitro groups is 1. The highest BCUT2D eigenvalue weighted by Gasteiger charge is 2.55. The van der Waals surface area contributed by atoms with Crippen molar-refractivity contribution < 1.29 is 24.7 Å². The molecule has 0 aromatic heterocycles. The molecule has 3 aliphatic rings. The van der Waals surface area contributed by atoms with Gasteiger partial charge >= 0.3 is 0 Å². The summed E-state index contributed by atoms with van der Waals surface area (Å²) in [6.45, 7) is 2.19. The molecule has 8 heteroatoms. The summed E-state index contributed by atoms with van der Waals surface area (Å²) < 4.78 is 5.40. The van der Waals surface area contributed by atoms with Gasteiger partial charge in [0.25, 0.3) is 5.69 Å². The fraction of sp³-hybridized carbons (Fsp3) is 0.500. The molecule has 2 saturated carbocycles. The number of para-hydroxylation sites is 1. The molecule has 0 bridgehead atoms. The molecule has 5 atom stereocenters. The highest BCUT2D eigenvalue weighted by Crippen LogP contribution is 2.61. The molecular formula is C26H30N2O6. The molecule has 0 saturated heterocycles. The Hall–Kier alpha value is -3.13. The van der Waals surface area contributed by atoms with Gasteiger partial charge in [0.2, 0.25) is 0 Å². The highest BCUT2D eigenvalue weighted by atomic mass is 16.6. The molecule has 0 radical (unpaired) electrons. The summed E-state index contributed by atoms with van der Waals surface area (Å²) in [4.78, 5) is 16.6. The summed E-state index contributed by atoms with van der Waals surface area (Å²) in [6.07, 6.45) is 4.10. The quantitative estimate of drug-likeness (QED) is 0.478. The first-order valence-corrected chi connectivity index (χ1v) is 11.8. The number of nitro benzene ring substituents is 1. The van der Waals surface area contributed by atoms with E-state index >= 15 is 0 Å². The summed E-state index contributed by atoms with van der Waals surface area (Å²) >= 11 is 0. The van der Waals surface area contributed by atoms with E-state index in [2.05, 4.69) is 12.1 Å². The fourth-order valence-corrected chi connectivity index (χ4v) is 6.65. The predicted molar refractivity (Wildman–Crippen MR) is 126 cm³/mol. The van der Waals surface area contributed by atoms with E-state index in [0.717, 1.165) is 42.5 Å². The molecule has 0 amide bonds. The second-order valence-corrected chi connectivity index (χ2v) is 10.0. The Balaban J connectivity index is 1.50. The molecule has 5 rings (SSSR count). The number of aliphatic hydroxyl groups excluding tert-OH is 1. The maximum atomic E-state index is 11.3. The third kappa shape index (κ3) is 3.60. The van der Waals surface area contributed by atoms with E-state index in [1.54, 1.807) is 24.3 Å². The number of phenols is 1. The van der Waals surface area contributed by atoms with Crippen LogP contribution in [0.4, 0.5) is 5.69 Å². The van der Waals surface area contributed by atoms with Crippen molar-refractivity contribution in [3.8, 4) is 11.5 Å². The first-order valence-electron chi connectivity index (χ1n) is 11.8. The number of ether oxygens (including phenoxy) is 1. The monoisotopic (exact) mass is 466 g/mol.